The minimum absolute atomic E-state index is 0.0963. The quantitative estimate of drug-likeness (QED) is 0.855. The van der Waals surface area contributed by atoms with Crippen molar-refractivity contribution in [2.75, 3.05) is 32.7 Å². The highest BCUT2D eigenvalue weighted by Crippen LogP contribution is 2.26. The van der Waals surface area contributed by atoms with Crippen LogP contribution in [0.15, 0.2) is 12.4 Å². The standard InChI is InChI=1S/C17H25N5O2/c23-16(19-13-4-5-13)12-20-8-10-21(11-9-20)17(24)14-2-1-3-15-18-6-7-22(14)15/h6-7,13-14H,1-5,8-12H2,(H,19,23). The summed E-state index contributed by atoms with van der Waals surface area (Å²) < 4.78 is 2.04. The van der Waals surface area contributed by atoms with E-state index in [-0.39, 0.29) is 17.9 Å². The molecule has 4 rings (SSSR count). The summed E-state index contributed by atoms with van der Waals surface area (Å²) in [5, 5.41) is 3.02. The second kappa shape index (κ2) is 6.55. The number of hydrogen-bond donors (Lipinski definition) is 1. The zero-order valence-electron chi connectivity index (χ0n) is 14.0. The van der Waals surface area contributed by atoms with Gasteiger partial charge in [0.15, 0.2) is 0 Å². The maximum absolute atomic E-state index is 12.9. The van der Waals surface area contributed by atoms with Gasteiger partial charge in [-0.2, -0.15) is 0 Å². The number of aromatic nitrogens is 2. The number of hydrogen-bond acceptors (Lipinski definition) is 4. The molecule has 0 bridgehead atoms. The fraction of sp³-hybridized carbons (Fsp3) is 0.706. The van der Waals surface area contributed by atoms with Crippen LogP contribution in [0.2, 0.25) is 0 Å². The van der Waals surface area contributed by atoms with Crippen molar-refractivity contribution < 1.29 is 9.59 Å². The maximum Gasteiger partial charge on any atom is 0.245 e. The summed E-state index contributed by atoms with van der Waals surface area (Å²) in [7, 11) is 0. The van der Waals surface area contributed by atoms with E-state index in [1.54, 1.807) is 6.20 Å². The zero-order chi connectivity index (χ0) is 16.5. The van der Waals surface area contributed by atoms with Gasteiger partial charge in [-0.15, -0.1) is 0 Å². The Balaban J connectivity index is 1.29. The Kier molecular flexibility index (Phi) is 4.26. The Bertz CT molecular complexity index is 616. The van der Waals surface area contributed by atoms with E-state index in [0.717, 1.165) is 51.0 Å². The van der Waals surface area contributed by atoms with Crippen molar-refractivity contribution in [3.63, 3.8) is 0 Å². The molecule has 1 saturated carbocycles. The van der Waals surface area contributed by atoms with Gasteiger partial charge in [-0.1, -0.05) is 0 Å². The minimum atomic E-state index is -0.0963. The molecule has 3 heterocycles. The normalized spacial score (nSPS) is 24.5. The van der Waals surface area contributed by atoms with E-state index in [4.69, 9.17) is 0 Å². The van der Waals surface area contributed by atoms with Crippen molar-refractivity contribution >= 4 is 11.8 Å². The van der Waals surface area contributed by atoms with Gasteiger partial charge >= 0.3 is 0 Å². The topological polar surface area (TPSA) is 70.5 Å². The third-order valence-corrected chi connectivity index (χ3v) is 5.24. The Labute approximate surface area is 142 Å². The lowest BCUT2D eigenvalue weighted by molar-refractivity contribution is -0.137. The van der Waals surface area contributed by atoms with E-state index in [1.807, 2.05) is 15.7 Å². The molecule has 1 aromatic heterocycles. The third kappa shape index (κ3) is 3.31. The van der Waals surface area contributed by atoms with Crippen molar-refractivity contribution in [2.24, 2.45) is 0 Å². The number of carbonyl (C=O) groups is 2. The molecule has 130 valence electrons. The molecule has 1 N–H and O–H groups in total. The smallest absolute Gasteiger partial charge is 0.245 e. The number of amides is 2. The lowest BCUT2D eigenvalue weighted by atomic mass is 10.0. The Morgan fingerprint density at radius 2 is 1.96 bits per heavy atom. The summed E-state index contributed by atoms with van der Waals surface area (Å²) in [6, 6.07) is 0.317. The van der Waals surface area contributed by atoms with E-state index in [0.29, 0.717) is 25.7 Å². The molecule has 2 aliphatic heterocycles. The van der Waals surface area contributed by atoms with Crippen LogP contribution in [0.3, 0.4) is 0 Å². The second-order valence-electron chi connectivity index (χ2n) is 7.10. The maximum atomic E-state index is 12.9. The van der Waals surface area contributed by atoms with Gasteiger partial charge in [0.25, 0.3) is 0 Å². The number of piperazine rings is 1. The number of nitrogens with one attached hydrogen (secondary N) is 1. The molecule has 3 aliphatic rings. The molecule has 7 heteroatoms. The SMILES string of the molecule is O=C(CN1CCN(C(=O)C2CCCc3nccn32)CC1)NC1CC1. The molecular weight excluding hydrogens is 306 g/mol. The molecule has 1 unspecified atom stereocenters. The van der Waals surface area contributed by atoms with Gasteiger partial charge in [-0.05, 0) is 25.7 Å². The first-order chi connectivity index (χ1) is 11.7. The number of imidazole rings is 1. The monoisotopic (exact) mass is 331 g/mol. The van der Waals surface area contributed by atoms with Gasteiger partial charge in [-0.25, -0.2) is 4.98 Å². The van der Waals surface area contributed by atoms with Gasteiger partial charge in [0.1, 0.15) is 11.9 Å². The molecule has 1 aliphatic carbocycles. The zero-order valence-corrected chi connectivity index (χ0v) is 14.0. The second-order valence-corrected chi connectivity index (χ2v) is 7.10. The molecule has 0 spiro atoms. The van der Waals surface area contributed by atoms with E-state index in [2.05, 4.69) is 15.2 Å². The average molecular weight is 331 g/mol. The fourth-order valence-electron chi connectivity index (χ4n) is 3.70. The van der Waals surface area contributed by atoms with Gasteiger partial charge in [-0.3, -0.25) is 14.5 Å². The summed E-state index contributed by atoms with van der Waals surface area (Å²) in [6.45, 7) is 3.40. The van der Waals surface area contributed by atoms with E-state index < -0.39 is 0 Å². The average Bonchev–Trinajstić information content (AvgIpc) is 3.26. The van der Waals surface area contributed by atoms with Crippen LogP contribution < -0.4 is 5.32 Å². The number of carbonyl (C=O) groups excluding carboxylic acids is 2. The van der Waals surface area contributed by atoms with Crippen LogP contribution in [0.4, 0.5) is 0 Å². The van der Waals surface area contributed by atoms with Crippen molar-refractivity contribution in [2.45, 2.75) is 44.2 Å². The molecule has 2 amide bonds. The Morgan fingerprint density at radius 3 is 2.71 bits per heavy atom. The first-order valence-corrected chi connectivity index (χ1v) is 9.03. The molecule has 1 atom stereocenters. The molecule has 0 radical (unpaired) electrons. The summed E-state index contributed by atoms with van der Waals surface area (Å²) in [6.07, 6.45) is 8.83. The van der Waals surface area contributed by atoms with Crippen LogP contribution in [-0.4, -0.2) is 69.9 Å². The van der Waals surface area contributed by atoms with E-state index in [1.165, 1.54) is 0 Å². The Hall–Kier alpha value is -1.89. The van der Waals surface area contributed by atoms with E-state index >= 15 is 0 Å². The van der Waals surface area contributed by atoms with Gasteiger partial charge in [0, 0.05) is 51.0 Å². The van der Waals surface area contributed by atoms with Crippen LogP contribution in [0, 0.1) is 0 Å². The molecule has 0 aromatic carbocycles. The number of rotatable bonds is 4. The highest BCUT2D eigenvalue weighted by atomic mass is 16.2. The lowest BCUT2D eigenvalue weighted by Gasteiger charge is -2.37. The third-order valence-electron chi connectivity index (χ3n) is 5.24. The van der Waals surface area contributed by atoms with Crippen molar-refractivity contribution in [1.29, 1.82) is 0 Å². The molecule has 24 heavy (non-hydrogen) atoms. The van der Waals surface area contributed by atoms with Gasteiger partial charge in [0.05, 0.1) is 6.54 Å². The van der Waals surface area contributed by atoms with E-state index in [9.17, 15) is 9.59 Å². The summed E-state index contributed by atoms with van der Waals surface area (Å²) in [5.41, 5.74) is 0. The van der Waals surface area contributed by atoms with Gasteiger partial charge < -0.3 is 14.8 Å². The number of aryl methyl sites for hydroxylation is 1. The fourth-order valence-corrected chi connectivity index (χ4v) is 3.70. The van der Waals surface area contributed by atoms with Crippen molar-refractivity contribution in [1.82, 2.24) is 24.7 Å². The largest absolute Gasteiger partial charge is 0.352 e. The van der Waals surface area contributed by atoms with Crippen LogP contribution >= 0.6 is 0 Å². The van der Waals surface area contributed by atoms with Gasteiger partial charge in [0.2, 0.25) is 11.8 Å². The van der Waals surface area contributed by atoms with Crippen LogP contribution in [0.25, 0.3) is 0 Å². The molecule has 7 nitrogen and oxygen atoms in total. The molecule has 1 aromatic rings. The minimum Gasteiger partial charge on any atom is -0.352 e. The van der Waals surface area contributed by atoms with Crippen LogP contribution in [0.1, 0.15) is 37.5 Å². The predicted molar refractivity (Wildman–Crippen MR) is 88.4 cm³/mol. The summed E-state index contributed by atoms with van der Waals surface area (Å²) in [4.78, 5) is 33.2. The summed E-state index contributed by atoms with van der Waals surface area (Å²) >= 11 is 0. The number of fused-ring (bicyclic) bond motifs is 1. The molecule has 1 saturated heterocycles. The Morgan fingerprint density at radius 1 is 1.17 bits per heavy atom. The summed E-state index contributed by atoms with van der Waals surface area (Å²) in [5.74, 6) is 1.35. The van der Waals surface area contributed by atoms with Crippen molar-refractivity contribution in [3.8, 4) is 0 Å². The first kappa shape index (κ1) is 15.6. The number of nitrogens with zero attached hydrogens (tertiary/aromatic N) is 4. The first-order valence-electron chi connectivity index (χ1n) is 9.03. The van der Waals surface area contributed by atoms with Crippen LogP contribution in [0.5, 0.6) is 0 Å². The molecule has 2 fully saturated rings. The van der Waals surface area contributed by atoms with Crippen LogP contribution in [-0.2, 0) is 16.0 Å². The molecular formula is C17H25N5O2. The predicted octanol–water partition coefficient (Wildman–Crippen LogP) is 0.183. The lowest BCUT2D eigenvalue weighted by Crippen LogP contribution is -2.52. The highest BCUT2D eigenvalue weighted by molar-refractivity contribution is 5.81. The highest BCUT2D eigenvalue weighted by Gasteiger charge is 2.32. The van der Waals surface area contributed by atoms with Crippen molar-refractivity contribution in [3.05, 3.63) is 18.2 Å².